The third-order valence-electron chi connectivity index (χ3n) is 1.36. The SMILES string of the molecule is [2H]N=C(N/N=C(\C)C(C)C)SC. The predicted octanol–water partition coefficient (Wildman–Crippen LogP) is 1.91. The maximum absolute atomic E-state index is 6.75. The van der Waals surface area contributed by atoms with Crippen molar-refractivity contribution in [2.24, 2.45) is 11.0 Å². The molecule has 0 aliphatic carbocycles. The van der Waals surface area contributed by atoms with E-state index in [2.05, 4.69) is 29.8 Å². The predicted molar refractivity (Wildman–Crippen MR) is 52.3 cm³/mol. The van der Waals surface area contributed by atoms with Crippen molar-refractivity contribution in [2.75, 3.05) is 6.26 Å². The molecule has 2 N–H and O–H groups in total. The second-order valence-corrected chi connectivity index (χ2v) is 3.32. The number of hydrazone groups is 1. The topological polar surface area (TPSA) is 48.2 Å². The molecule has 0 radical (unpaired) electrons. The summed E-state index contributed by atoms with van der Waals surface area (Å²) in [6.45, 7) is 6.08. The van der Waals surface area contributed by atoms with Crippen LogP contribution in [-0.4, -0.2) is 17.1 Å². The highest BCUT2D eigenvalue weighted by Crippen LogP contribution is 1.96. The van der Waals surface area contributed by atoms with Crippen LogP contribution in [0.25, 0.3) is 0 Å². The second-order valence-electron chi connectivity index (χ2n) is 2.53. The number of nitrogens with one attached hydrogen (secondary N) is 2. The molecule has 4 heteroatoms. The molecule has 64 valence electrons. The first-order valence-electron chi connectivity index (χ1n) is 3.92. The minimum Gasteiger partial charge on any atom is -0.277 e. The van der Waals surface area contributed by atoms with E-state index in [1.54, 1.807) is 0 Å². The van der Waals surface area contributed by atoms with Crippen LogP contribution in [0.4, 0.5) is 0 Å². The minimum atomic E-state index is 0.423. The number of thioether (sulfide) groups is 1. The Morgan fingerprint density at radius 1 is 1.73 bits per heavy atom. The fourth-order valence-electron chi connectivity index (χ4n) is 0.311. The summed E-state index contributed by atoms with van der Waals surface area (Å²) in [5.41, 5.74) is 3.72. The molecule has 0 aliphatic rings. The first-order valence-corrected chi connectivity index (χ1v) is 4.70. The number of nitrogens with zero attached hydrogens (tertiary/aromatic N) is 1. The maximum atomic E-state index is 6.75. The van der Waals surface area contributed by atoms with Crippen LogP contribution in [-0.2, 0) is 0 Å². The molecule has 0 rings (SSSR count). The average molecular weight is 174 g/mol. The largest absolute Gasteiger partial charge is 0.277 e. The zero-order chi connectivity index (χ0) is 9.56. The summed E-state index contributed by atoms with van der Waals surface area (Å²) in [5.74, 6) is 0.423. The second kappa shape index (κ2) is 5.18. The number of amidine groups is 1. The van der Waals surface area contributed by atoms with Crippen molar-refractivity contribution in [2.45, 2.75) is 20.8 Å². The number of hydrogen-bond acceptors (Lipinski definition) is 3. The molecular weight excluding hydrogens is 158 g/mol. The minimum absolute atomic E-state index is 0.423. The van der Waals surface area contributed by atoms with E-state index in [1.165, 1.54) is 11.8 Å². The maximum Gasteiger partial charge on any atom is 0.190 e. The summed E-state index contributed by atoms with van der Waals surface area (Å²) in [6.07, 6.45) is 1.85. The van der Waals surface area contributed by atoms with E-state index >= 15 is 0 Å². The molecule has 11 heavy (non-hydrogen) atoms. The standard InChI is InChI=1S/C7H15N3S/c1-5(2)6(3)9-10-7(8)11-4/h5H,1-4H3,(H2,8,10)/b9-6+/i/hD. The van der Waals surface area contributed by atoms with Crippen LogP contribution >= 0.6 is 11.8 Å². The van der Waals surface area contributed by atoms with Gasteiger partial charge in [-0.15, -0.1) is 0 Å². The van der Waals surface area contributed by atoms with Gasteiger partial charge in [0.05, 0.1) is 0 Å². The highest BCUT2D eigenvalue weighted by molar-refractivity contribution is 8.13. The van der Waals surface area contributed by atoms with Crippen molar-refractivity contribution >= 4 is 22.6 Å². The molecule has 0 heterocycles. The molecule has 0 fully saturated rings. The van der Waals surface area contributed by atoms with Crippen LogP contribution in [0.15, 0.2) is 5.10 Å². The van der Waals surface area contributed by atoms with Crippen LogP contribution in [0.5, 0.6) is 0 Å². The van der Waals surface area contributed by atoms with Crippen LogP contribution in [0, 0.1) is 11.3 Å². The Morgan fingerprint density at radius 3 is 2.73 bits per heavy atom. The van der Waals surface area contributed by atoms with E-state index in [1.807, 2.05) is 13.2 Å². The van der Waals surface area contributed by atoms with Gasteiger partial charge in [-0.3, -0.25) is 10.8 Å². The first kappa shape index (κ1) is 8.59. The van der Waals surface area contributed by atoms with Gasteiger partial charge in [0.15, 0.2) is 6.58 Å². The Hall–Kier alpha value is -0.510. The summed E-state index contributed by atoms with van der Waals surface area (Å²) >= 11 is 1.37. The smallest absolute Gasteiger partial charge is 0.190 e. The van der Waals surface area contributed by atoms with E-state index < -0.39 is 0 Å². The Balaban J connectivity index is 4.03. The van der Waals surface area contributed by atoms with Crippen LogP contribution in [0.2, 0.25) is 1.41 Å². The third-order valence-corrected chi connectivity index (χ3v) is 1.83. The van der Waals surface area contributed by atoms with Gasteiger partial charge >= 0.3 is 0 Å². The molecule has 0 aromatic carbocycles. The van der Waals surface area contributed by atoms with Crippen molar-refractivity contribution < 1.29 is 1.41 Å². The van der Waals surface area contributed by atoms with Crippen LogP contribution < -0.4 is 5.43 Å². The fraction of sp³-hybridized carbons (Fsp3) is 0.714. The van der Waals surface area contributed by atoms with E-state index in [9.17, 15) is 0 Å². The summed E-state index contributed by atoms with van der Waals surface area (Å²) < 4.78 is 6.75. The summed E-state index contributed by atoms with van der Waals surface area (Å²) in [7, 11) is 0. The average Bonchev–Trinajstić information content (AvgIpc) is 2.05. The Morgan fingerprint density at radius 2 is 2.36 bits per heavy atom. The third kappa shape index (κ3) is 4.84. The lowest BCUT2D eigenvalue weighted by Gasteiger charge is -2.04. The molecule has 0 amide bonds. The first-order chi connectivity index (χ1) is 5.61. The quantitative estimate of drug-likeness (QED) is 0.381. The molecule has 3 nitrogen and oxygen atoms in total. The van der Waals surface area contributed by atoms with E-state index in [4.69, 9.17) is 1.41 Å². The lowest BCUT2D eigenvalue weighted by Crippen LogP contribution is -2.16. The highest BCUT2D eigenvalue weighted by atomic mass is 32.2. The van der Waals surface area contributed by atoms with Gasteiger partial charge in [-0.2, -0.15) is 5.10 Å². The lowest BCUT2D eigenvalue weighted by atomic mass is 10.1. The van der Waals surface area contributed by atoms with Crippen molar-refractivity contribution in [1.82, 2.24) is 5.43 Å². The molecule has 0 spiro atoms. The molecule has 0 aromatic heterocycles. The van der Waals surface area contributed by atoms with Crippen molar-refractivity contribution in [3.63, 3.8) is 0 Å². The zero-order valence-corrected chi connectivity index (χ0v) is 8.20. The van der Waals surface area contributed by atoms with Gasteiger partial charge in [-0.25, -0.2) is 0 Å². The molecular formula is C7H15N3S. The van der Waals surface area contributed by atoms with Gasteiger partial charge in [0.1, 0.15) is 0 Å². The molecule has 0 unspecified atom stereocenters. The van der Waals surface area contributed by atoms with Gasteiger partial charge in [-0.1, -0.05) is 25.6 Å². The van der Waals surface area contributed by atoms with Gasteiger partial charge in [0.25, 0.3) is 0 Å². The molecule has 0 aromatic rings. The molecule has 0 saturated heterocycles. The van der Waals surface area contributed by atoms with Crippen molar-refractivity contribution in [3.8, 4) is 0 Å². The summed E-state index contributed by atoms with van der Waals surface area (Å²) in [5, 5.41) is 7.82. The fourth-order valence-corrected chi connectivity index (χ4v) is 0.448. The molecule has 0 saturated carbocycles. The Labute approximate surface area is 73.6 Å². The van der Waals surface area contributed by atoms with Gasteiger partial charge in [0.2, 0.25) is 0 Å². The number of hydrogen-bond donors (Lipinski definition) is 2. The molecule has 0 aliphatic heterocycles. The van der Waals surface area contributed by atoms with Crippen molar-refractivity contribution in [1.29, 1.82) is 5.40 Å². The summed E-state index contributed by atoms with van der Waals surface area (Å²) in [4.78, 5) is 0. The van der Waals surface area contributed by atoms with Gasteiger partial charge in [-0.05, 0) is 19.1 Å². The highest BCUT2D eigenvalue weighted by Gasteiger charge is 1.97. The normalized spacial score (nSPS) is 15.2. The van der Waals surface area contributed by atoms with E-state index in [0.29, 0.717) is 11.1 Å². The number of rotatable bonds is 2. The van der Waals surface area contributed by atoms with Crippen LogP contribution in [0.3, 0.4) is 0 Å². The lowest BCUT2D eigenvalue weighted by molar-refractivity contribution is 0.854. The molecule has 0 bridgehead atoms. The monoisotopic (exact) mass is 174 g/mol. The molecule has 0 atom stereocenters. The van der Waals surface area contributed by atoms with Gasteiger partial charge in [0, 0.05) is 5.71 Å². The van der Waals surface area contributed by atoms with Crippen LogP contribution in [0.1, 0.15) is 20.8 Å². The van der Waals surface area contributed by atoms with E-state index in [0.717, 1.165) is 5.71 Å². The van der Waals surface area contributed by atoms with E-state index in [-0.39, 0.29) is 0 Å². The zero-order valence-electron chi connectivity index (χ0n) is 8.38. The Kier molecular flexibility index (Phi) is 4.04. The van der Waals surface area contributed by atoms with Gasteiger partial charge < -0.3 is 0 Å². The Bertz CT molecular complexity index is 189. The van der Waals surface area contributed by atoms with Crippen molar-refractivity contribution in [3.05, 3.63) is 0 Å². The summed E-state index contributed by atoms with van der Waals surface area (Å²) in [6, 6.07) is 0.